The average molecular weight is 289 g/mol. The van der Waals surface area contributed by atoms with Crippen LogP contribution in [-0.4, -0.2) is 20.2 Å². The van der Waals surface area contributed by atoms with Crippen LogP contribution in [0.15, 0.2) is 40.9 Å². The molecule has 0 atom stereocenters. The smallest absolute Gasteiger partial charge is 0.153 e. The Morgan fingerprint density at radius 1 is 1.06 bits per heavy atom. The van der Waals surface area contributed by atoms with E-state index in [0.29, 0.717) is 0 Å². The molecule has 4 nitrogen and oxygen atoms in total. The van der Waals surface area contributed by atoms with Gasteiger partial charge in [-0.3, -0.25) is 0 Å². The Balaban J connectivity index is 2.39. The van der Waals surface area contributed by atoms with Crippen LogP contribution in [0.2, 0.25) is 0 Å². The van der Waals surface area contributed by atoms with Gasteiger partial charge in [0.05, 0.1) is 5.69 Å². The highest BCUT2D eigenvalue weighted by molar-refractivity contribution is 9.10. The molecule has 0 fully saturated rings. The Morgan fingerprint density at radius 3 is 2.53 bits per heavy atom. The molecule has 0 spiro atoms. The molecule has 2 aromatic carbocycles. The number of aryl methyl sites for hydroxylation is 1. The van der Waals surface area contributed by atoms with E-state index in [4.69, 9.17) is 0 Å². The molecule has 0 amide bonds. The van der Waals surface area contributed by atoms with Gasteiger partial charge in [-0.25, -0.2) is 0 Å². The third-order valence-corrected chi connectivity index (χ3v) is 3.39. The lowest BCUT2D eigenvalue weighted by atomic mass is 10.1. The summed E-state index contributed by atoms with van der Waals surface area (Å²) in [5.41, 5.74) is 0.992. The number of tetrazole rings is 1. The van der Waals surface area contributed by atoms with Crippen LogP contribution in [0.5, 0.6) is 0 Å². The van der Waals surface area contributed by atoms with E-state index in [1.54, 1.807) is 4.68 Å². The molecule has 0 bridgehead atoms. The molecule has 0 aliphatic heterocycles. The van der Waals surface area contributed by atoms with Crippen molar-refractivity contribution in [1.29, 1.82) is 0 Å². The zero-order valence-corrected chi connectivity index (χ0v) is 10.7. The van der Waals surface area contributed by atoms with Gasteiger partial charge in [-0.1, -0.05) is 40.2 Å². The van der Waals surface area contributed by atoms with Gasteiger partial charge in [0, 0.05) is 9.86 Å². The van der Waals surface area contributed by atoms with Gasteiger partial charge >= 0.3 is 0 Å². The number of halogens is 1. The first-order valence-corrected chi connectivity index (χ1v) is 5.99. The van der Waals surface area contributed by atoms with Crippen molar-refractivity contribution >= 4 is 26.7 Å². The number of nitrogens with zero attached hydrogens (tertiary/aromatic N) is 4. The molecule has 0 N–H and O–H groups in total. The second-order valence-corrected chi connectivity index (χ2v) is 4.60. The molecule has 1 heterocycles. The van der Waals surface area contributed by atoms with E-state index in [1.807, 2.05) is 31.2 Å². The number of hydrogen-bond donors (Lipinski definition) is 0. The summed E-state index contributed by atoms with van der Waals surface area (Å²) in [6, 6.07) is 12.2. The lowest BCUT2D eigenvalue weighted by molar-refractivity contribution is 0.783. The van der Waals surface area contributed by atoms with Gasteiger partial charge in [0.1, 0.15) is 0 Å². The van der Waals surface area contributed by atoms with Gasteiger partial charge in [0.25, 0.3) is 0 Å². The van der Waals surface area contributed by atoms with Crippen LogP contribution in [0.4, 0.5) is 0 Å². The number of fused-ring (bicyclic) bond motifs is 1. The number of aromatic nitrogens is 4. The molecular formula is C12H9BrN4. The summed E-state index contributed by atoms with van der Waals surface area (Å²) in [5.74, 6) is 0.775. The molecule has 0 aliphatic carbocycles. The van der Waals surface area contributed by atoms with Crippen LogP contribution < -0.4 is 0 Å². The van der Waals surface area contributed by atoms with E-state index in [-0.39, 0.29) is 0 Å². The molecule has 0 unspecified atom stereocenters. The SMILES string of the molecule is Cc1nnnn1-c1ccc(Br)c2ccccc12. The Labute approximate surface area is 106 Å². The predicted molar refractivity (Wildman–Crippen MR) is 69.1 cm³/mol. The van der Waals surface area contributed by atoms with E-state index < -0.39 is 0 Å². The molecule has 17 heavy (non-hydrogen) atoms. The van der Waals surface area contributed by atoms with Crippen LogP contribution in [0.3, 0.4) is 0 Å². The molecule has 0 saturated carbocycles. The highest BCUT2D eigenvalue weighted by Gasteiger charge is 2.09. The van der Waals surface area contributed by atoms with Gasteiger partial charge in [-0.2, -0.15) is 4.68 Å². The van der Waals surface area contributed by atoms with E-state index in [2.05, 4.69) is 43.6 Å². The Kier molecular flexibility index (Phi) is 2.40. The molecule has 1 aromatic heterocycles. The molecule has 3 rings (SSSR count). The van der Waals surface area contributed by atoms with E-state index in [1.165, 1.54) is 0 Å². The van der Waals surface area contributed by atoms with Crippen molar-refractivity contribution in [1.82, 2.24) is 20.2 Å². The van der Waals surface area contributed by atoms with Gasteiger partial charge in [0.2, 0.25) is 0 Å². The Bertz CT molecular complexity index is 690. The minimum absolute atomic E-state index is 0.775. The topological polar surface area (TPSA) is 43.6 Å². The first-order chi connectivity index (χ1) is 8.27. The summed E-state index contributed by atoms with van der Waals surface area (Å²) in [6.07, 6.45) is 0. The van der Waals surface area contributed by atoms with Crippen LogP contribution in [-0.2, 0) is 0 Å². The number of benzene rings is 2. The highest BCUT2D eigenvalue weighted by Crippen LogP contribution is 2.28. The summed E-state index contributed by atoms with van der Waals surface area (Å²) in [7, 11) is 0. The normalized spacial score (nSPS) is 10.9. The van der Waals surface area contributed by atoms with Crippen molar-refractivity contribution in [3.05, 3.63) is 46.7 Å². The van der Waals surface area contributed by atoms with E-state index in [0.717, 1.165) is 26.8 Å². The van der Waals surface area contributed by atoms with Crippen molar-refractivity contribution in [3.8, 4) is 5.69 Å². The third-order valence-electron chi connectivity index (χ3n) is 2.70. The third kappa shape index (κ3) is 1.63. The van der Waals surface area contributed by atoms with Gasteiger partial charge < -0.3 is 0 Å². The van der Waals surface area contributed by atoms with Gasteiger partial charge in [-0.05, 0) is 34.9 Å². The van der Waals surface area contributed by atoms with E-state index in [9.17, 15) is 0 Å². The van der Waals surface area contributed by atoms with Gasteiger partial charge in [-0.15, -0.1) is 5.10 Å². The van der Waals surface area contributed by atoms with Crippen LogP contribution in [0.25, 0.3) is 16.5 Å². The number of hydrogen-bond acceptors (Lipinski definition) is 3. The molecular weight excluding hydrogens is 280 g/mol. The maximum absolute atomic E-state index is 4.01. The summed E-state index contributed by atoms with van der Waals surface area (Å²) in [6.45, 7) is 1.89. The predicted octanol–water partition coefficient (Wildman–Crippen LogP) is 2.89. The highest BCUT2D eigenvalue weighted by atomic mass is 79.9. The molecule has 3 aromatic rings. The molecule has 5 heteroatoms. The zero-order valence-electron chi connectivity index (χ0n) is 9.13. The van der Waals surface area contributed by atoms with Crippen molar-refractivity contribution in [2.45, 2.75) is 6.92 Å². The fraction of sp³-hybridized carbons (Fsp3) is 0.0833. The average Bonchev–Trinajstić information content (AvgIpc) is 2.77. The number of rotatable bonds is 1. The second-order valence-electron chi connectivity index (χ2n) is 3.75. The second kappa shape index (κ2) is 3.92. The fourth-order valence-electron chi connectivity index (χ4n) is 1.89. The van der Waals surface area contributed by atoms with Crippen LogP contribution in [0, 0.1) is 6.92 Å². The summed E-state index contributed by atoms with van der Waals surface area (Å²) >= 11 is 3.55. The monoisotopic (exact) mass is 288 g/mol. The van der Waals surface area contributed by atoms with Crippen molar-refractivity contribution in [3.63, 3.8) is 0 Å². The summed E-state index contributed by atoms with van der Waals surface area (Å²) in [4.78, 5) is 0. The lowest BCUT2D eigenvalue weighted by Gasteiger charge is -2.08. The van der Waals surface area contributed by atoms with Crippen molar-refractivity contribution in [2.24, 2.45) is 0 Å². The van der Waals surface area contributed by atoms with Crippen LogP contribution in [0.1, 0.15) is 5.82 Å². The maximum Gasteiger partial charge on any atom is 0.153 e. The van der Waals surface area contributed by atoms with Crippen molar-refractivity contribution in [2.75, 3.05) is 0 Å². The molecule has 0 saturated heterocycles. The quantitative estimate of drug-likeness (QED) is 0.692. The minimum Gasteiger partial charge on any atom is -0.197 e. The summed E-state index contributed by atoms with van der Waals surface area (Å²) < 4.78 is 2.82. The first-order valence-electron chi connectivity index (χ1n) is 5.20. The maximum atomic E-state index is 4.01. The Hall–Kier alpha value is -1.75. The summed E-state index contributed by atoms with van der Waals surface area (Å²) in [5, 5.41) is 13.9. The van der Waals surface area contributed by atoms with Gasteiger partial charge in [0.15, 0.2) is 5.82 Å². The molecule has 0 radical (unpaired) electrons. The lowest BCUT2D eigenvalue weighted by Crippen LogP contribution is -2.00. The van der Waals surface area contributed by atoms with Crippen LogP contribution >= 0.6 is 15.9 Å². The Morgan fingerprint density at radius 2 is 1.82 bits per heavy atom. The molecule has 0 aliphatic rings. The van der Waals surface area contributed by atoms with E-state index >= 15 is 0 Å². The standard InChI is InChI=1S/C12H9BrN4/c1-8-14-15-16-17(8)12-7-6-11(13)9-4-2-3-5-10(9)12/h2-7H,1H3. The molecule has 84 valence electrons. The van der Waals surface area contributed by atoms with Crippen molar-refractivity contribution < 1.29 is 0 Å². The minimum atomic E-state index is 0.775. The largest absolute Gasteiger partial charge is 0.197 e. The first kappa shape index (κ1) is 10.4. The fourth-order valence-corrected chi connectivity index (χ4v) is 2.36. The zero-order chi connectivity index (χ0) is 11.8.